The predicted octanol–water partition coefficient (Wildman–Crippen LogP) is 1.99. The van der Waals surface area contributed by atoms with Crippen LogP contribution in [0, 0.1) is 5.21 Å². The number of pyridine rings is 1. The van der Waals surface area contributed by atoms with Crippen LogP contribution in [0.2, 0.25) is 0 Å². The smallest absolute Gasteiger partial charge is 0.248 e. The average molecular weight is 555 g/mol. The van der Waals surface area contributed by atoms with Crippen molar-refractivity contribution in [2.24, 2.45) is 5.73 Å². The van der Waals surface area contributed by atoms with Crippen molar-refractivity contribution < 1.29 is 14.7 Å². The lowest BCUT2D eigenvalue weighted by atomic mass is 10.00. The van der Waals surface area contributed by atoms with E-state index >= 15 is 0 Å². The number of carbonyl (C=O) groups excluding carboxylic acids is 2. The van der Waals surface area contributed by atoms with Gasteiger partial charge in [0.15, 0.2) is 11.9 Å². The number of aromatic nitrogens is 3. The van der Waals surface area contributed by atoms with E-state index in [4.69, 9.17) is 5.73 Å². The molecule has 212 valence electrons. The summed E-state index contributed by atoms with van der Waals surface area (Å²) in [6, 6.07) is 22.6. The van der Waals surface area contributed by atoms with Gasteiger partial charge >= 0.3 is 0 Å². The Hall–Kier alpha value is -4.58. The van der Waals surface area contributed by atoms with Crippen LogP contribution in [0.25, 0.3) is 5.82 Å². The molecule has 2 atom stereocenters. The Kier molecular flexibility index (Phi) is 8.68. The lowest BCUT2D eigenvalue weighted by Gasteiger charge is -2.39. The minimum atomic E-state index is -1.85. The predicted molar refractivity (Wildman–Crippen MR) is 154 cm³/mol. The molecule has 1 fully saturated rings. The number of hydroxylamine groups is 2. The second kappa shape index (κ2) is 12.7. The highest BCUT2D eigenvalue weighted by atomic mass is 16.5. The number of aliphatic hydroxyl groups is 1. The van der Waals surface area contributed by atoms with Crippen LogP contribution in [0.4, 0.5) is 5.69 Å². The lowest BCUT2D eigenvalue weighted by molar-refractivity contribution is -0.128. The van der Waals surface area contributed by atoms with Crippen molar-refractivity contribution in [2.75, 3.05) is 31.1 Å². The Morgan fingerprint density at radius 1 is 0.951 bits per heavy atom. The van der Waals surface area contributed by atoms with E-state index in [0.717, 1.165) is 31.9 Å². The van der Waals surface area contributed by atoms with Gasteiger partial charge in [0.1, 0.15) is 0 Å². The summed E-state index contributed by atoms with van der Waals surface area (Å²) in [4.78, 5) is 34.2. The van der Waals surface area contributed by atoms with E-state index in [9.17, 15) is 19.9 Å². The third-order valence-corrected chi connectivity index (χ3v) is 7.20. The topological polar surface area (TPSA) is 144 Å². The number of amides is 2. The van der Waals surface area contributed by atoms with E-state index in [0.29, 0.717) is 12.1 Å². The molecule has 2 unspecified atom stereocenters. The van der Waals surface area contributed by atoms with Crippen molar-refractivity contribution in [3.8, 4) is 5.82 Å². The third-order valence-electron chi connectivity index (χ3n) is 7.20. The van der Waals surface area contributed by atoms with Crippen LogP contribution in [-0.4, -0.2) is 80.0 Å². The molecule has 11 nitrogen and oxygen atoms in total. The fraction of sp³-hybridized carbons (Fsp3) is 0.267. The zero-order valence-corrected chi connectivity index (χ0v) is 22.5. The van der Waals surface area contributed by atoms with Crippen LogP contribution in [0.5, 0.6) is 0 Å². The number of hydrogen-bond acceptors (Lipinski definition) is 8. The van der Waals surface area contributed by atoms with E-state index in [1.165, 1.54) is 28.7 Å². The molecule has 3 heterocycles. The highest BCUT2D eigenvalue weighted by Gasteiger charge is 2.30. The van der Waals surface area contributed by atoms with Gasteiger partial charge in [0.05, 0.1) is 17.3 Å². The summed E-state index contributed by atoms with van der Waals surface area (Å²) >= 11 is 0. The van der Waals surface area contributed by atoms with Gasteiger partial charge in [0, 0.05) is 50.8 Å². The van der Waals surface area contributed by atoms with E-state index in [1.807, 2.05) is 24.3 Å². The van der Waals surface area contributed by atoms with Crippen molar-refractivity contribution in [2.45, 2.75) is 25.1 Å². The molecule has 1 aliphatic rings. The minimum Gasteiger partial charge on any atom is -0.756 e. The highest BCUT2D eigenvalue weighted by Crippen LogP contribution is 2.20. The third kappa shape index (κ3) is 6.60. The Labute approximate surface area is 238 Å². The maximum Gasteiger partial charge on any atom is 0.248 e. The number of nitrogens with zero attached hydrogens (tertiary/aromatic N) is 6. The van der Waals surface area contributed by atoms with Gasteiger partial charge in [-0.2, -0.15) is 5.10 Å². The molecule has 5 rings (SSSR count). The molecule has 1 aliphatic heterocycles. The normalized spacial score (nSPS) is 15.3. The Balaban J connectivity index is 1.29. The molecule has 2 aromatic carbocycles. The number of para-hydroxylation sites is 1. The quantitative estimate of drug-likeness (QED) is 0.283. The first kappa shape index (κ1) is 28.0. The van der Waals surface area contributed by atoms with Gasteiger partial charge in [-0.25, -0.2) is 9.67 Å². The molecule has 3 N–H and O–H groups in total. The van der Waals surface area contributed by atoms with Crippen LogP contribution in [0.1, 0.15) is 21.6 Å². The van der Waals surface area contributed by atoms with E-state index in [1.54, 1.807) is 36.5 Å². The van der Waals surface area contributed by atoms with Gasteiger partial charge in [-0.05, 0) is 42.3 Å². The van der Waals surface area contributed by atoms with Crippen molar-refractivity contribution in [3.63, 3.8) is 0 Å². The van der Waals surface area contributed by atoms with E-state index in [2.05, 4.69) is 32.0 Å². The lowest BCUT2D eigenvalue weighted by Crippen LogP contribution is -2.50. The van der Waals surface area contributed by atoms with Crippen molar-refractivity contribution >= 4 is 17.5 Å². The van der Waals surface area contributed by atoms with Crippen LogP contribution in [-0.2, 0) is 17.8 Å². The fourth-order valence-corrected chi connectivity index (χ4v) is 4.98. The Morgan fingerprint density at radius 3 is 2.32 bits per heavy atom. The second-order valence-electron chi connectivity index (χ2n) is 9.96. The number of aliphatic hydroxyl groups excluding tert-OH is 1. The summed E-state index contributed by atoms with van der Waals surface area (Å²) in [5.74, 6) is -1.87. The molecule has 1 saturated heterocycles. The number of anilines is 1. The molecular weight excluding hydrogens is 522 g/mol. The SMILES string of the molecule is NC(=O)C(O)C(Cc1ccccc1)N([O-])C(=O)c1cccnc1-n1ccc(CN2CCN(c3ccccc3)CC2)n1. The second-order valence-corrected chi connectivity index (χ2v) is 9.96. The molecule has 2 aromatic heterocycles. The largest absolute Gasteiger partial charge is 0.756 e. The van der Waals surface area contributed by atoms with Crippen molar-refractivity contribution in [1.29, 1.82) is 0 Å². The summed E-state index contributed by atoms with van der Waals surface area (Å²) in [6.45, 7) is 4.20. The summed E-state index contributed by atoms with van der Waals surface area (Å²) < 4.78 is 1.47. The highest BCUT2D eigenvalue weighted by molar-refractivity contribution is 5.98. The van der Waals surface area contributed by atoms with Crippen molar-refractivity contribution in [1.82, 2.24) is 24.7 Å². The summed E-state index contributed by atoms with van der Waals surface area (Å²) in [5, 5.41) is 28.5. The molecule has 0 aliphatic carbocycles. The molecule has 0 bridgehead atoms. The number of primary amides is 1. The van der Waals surface area contributed by atoms with Crippen molar-refractivity contribution in [3.05, 3.63) is 113 Å². The van der Waals surface area contributed by atoms with Gasteiger partial charge in [0.2, 0.25) is 11.8 Å². The van der Waals surface area contributed by atoms with Gasteiger partial charge in [-0.1, -0.05) is 48.5 Å². The minimum absolute atomic E-state index is 0.0108. The van der Waals surface area contributed by atoms with E-state index < -0.39 is 24.0 Å². The van der Waals surface area contributed by atoms with Crippen LogP contribution >= 0.6 is 0 Å². The molecule has 4 aromatic rings. The number of nitrogens with two attached hydrogens (primary N) is 1. The van der Waals surface area contributed by atoms with Crippen LogP contribution in [0.3, 0.4) is 0 Å². The summed E-state index contributed by atoms with van der Waals surface area (Å²) in [5.41, 5.74) is 7.97. The molecule has 2 amide bonds. The maximum atomic E-state index is 13.4. The standard InChI is InChI=1S/C30H32N7O4/c31-28(39)27(38)26(20-22-8-3-1-4-9-22)37(41)30(40)25-12-7-14-32-29(25)36-15-13-23(33-36)21-34-16-18-35(19-17-34)24-10-5-2-6-11-24/h1-15,26-27,38H,16-21H2,(H2,31,39)/q-1. The first-order valence-corrected chi connectivity index (χ1v) is 13.4. The first-order valence-electron chi connectivity index (χ1n) is 13.4. The molecule has 0 saturated carbocycles. The molecule has 0 spiro atoms. The Bertz CT molecular complexity index is 1460. The van der Waals surface area contributed by atoms with Crippen LogP contribution in [0.15, 0.2) is 91.3 Å². The van der Waals surface area contributed by atoms with E-state index in [-0.39, 0.29) is 22.9 Å². The number of carbonyl (C=O) groups is 2. The number of benzene rings is 2. The van der Waals surface area contributed by atoms with Gasteiger partial charge in [-0.3, -0.25) is 14.5 Å². The van der Waals surface area contributed by atoms with Crippen LogP contribution < -0.4 is 10.6 Å². The zero-order valence-electron chi connectivity index (χ0n) is 22.5. The average Bonchev–Trinajstić information content (AvgIpc) is 3.48. The number of rotatable bonds is 10. The summed E-state index contributed by atoms with van der Waals surface area (Å²) in [6.07, 6.45) is 1.30. The number of piperazine rings is 1. The fourth-order valence-electron chi connectivity index (χ4n) is 4.98. The first-order chi connectivity index (χ1) is 19.9. The Morgan fingerprint density at radius 2 is 1.63 bits per heavy atom. The summed E-state index contributed by atoms with van der Waals surface area (Å²) in [7, 11) is 0. The number of hydrogen-bond donors (Lipinski definition) is 2. The molecule has 11 heteroatoms. The maximum absolute atomic E-state index is 13.4. The zero-order chi connectivity index (χ0) is 28.8. The van der Waals surface area contributed by atoms with Gasteiger partial charge in [-0.15, -0.1) is 0 Å². The monoisotopic (exact) mass is 554 g/mol. The molecular formula is C30H32N7O4-. The molecule has 0 radical (unpaired) electrons. The van der Waals surface area contributed by atoms with Gasteiger partial charge < -0.3 is 26.0 Å². The molecule has 41 heavy (non-hydrogen) atoms. The van der Waals surface area contributed by atoms with Gasteiger partial charge in [0.25, 0.3) is 0 Å².